The first-order chi connectivity index (χ1) is 7.15. The van der Waals surface area contributed by atoms with Crippen molar-refractivity contribution in [3.05, 3.63) is 36.4 Å². The highest BCUT2D eigenvalue weighted by molar-refractivity contribution is 6.63. The molecule has 0 N–H and O–H groups in total. The van der Waals surface area contributed by atoms with E-state index in [9.17, 15) is 0 Å². The van der Waals surface area contributed by atoms with E-state index < -0.39 is 4.30 Å². The molecule has 0 aliphatic carbocycles. The number of unbranched alkanes of at least 4 members (excludes halogenated alkanes) is 2. The molecule has 0 amide bonds. The summed E-state index contributed by atoms with van der Waals surface area (Å²) in [5.74, 6) is 0. The Morgan fingerprint density at radius 1 is 0.733 bits per heavy atom. The maximum absolute atomic E-state index is 4.81. The number of benzene rings is 1. The third kappa shape index (κ3) is 31.5. The van der Waals surface area contributed by atoms with Gasteiger partial charge in [0.2, 0.25) is 0 Å². The van der Waals surface area contributed by atoms with Crippen LogP contribution in [0.25, 0.3) is 0 Å². The zero-order valence-corrected chi connectivity index (χ0v) is 11.6. The van der Waals surface area contributed by atoms with E-state index in [1.807, 2.05) is 36.4 Å². The highest BCUT2D eigenvalue weighted by Gasteiger charge is 1.78. The number of hydrogen-bond acceptors (Lipinski definition) is 0. The first kappa shape index (κ1) is 17.5. The summed E-state index contributed by atoms with van der Waals surface area (Å²) >= 11 is 14.4. The lowest BCUT2D eigenvalue weighted by Crippen LogP contribution is -1.59. The lowest BCUT2D eigenvalue weighted by molar-refractivity contribution is 0.772. The number of rotatable bonds is 2. The molecule has 0 unspecified atom stereocenters. The van der Waals surface area contributed by atoms with Gasteiger partial charge >= 0.3 is 0 Å². The molecule has 0 radical (unpaired) electrons. The number of alkyl halides is 3. The van der Waals surface area contributed by atoms with Crippen LogP contribution in [0, 0.1) is 0 Å². The van der Waals surface area contributed by atoms with Crippen LogP contribution in [0.4, 0.5) is 0 Å². The second kappa shape index (κ2) is 16.5. The third-order valence-electron chi connectivity index (χ3n) is 1.37. The monoisotopic (exact) mass is 268 g/mol. The molecule has 1 aromatic carbocycles. The highest BCUT2D eigenvalue weighted by atomic mass is 35.6. The Morgan fingerprint density at radius 3 is 1.00 bits per heavy atom. The molecule has 0 saturated heterocycles. The second-order valence-electron chi connectivity index (χ2n) is 2.76. The van der Waals surface area contributed by atoms with Crippen molar-refractivity contribution in [2.75, 3.05) is 0 Å². The molecule has 0 bridgehead atoms. The Bertz CT molecular complexity index is 144. The molecule has 0 aliphatic heterocycles. The van der Waals surface area contributed by atoms with Gasteiger partial charge in [0.05, 0.1) is 0 Å². The normalized spacial score (nSPS) is 8.40. The smallest absolute Gasteiger partial charge is 0.0874 e. The van der Waals surface area contributed by atoms with E-state index in [4.69, 9.17) is 34.8 Å². The van der Waals surface area contributed by atoms with E-state index in [0.29, 0.717) is 0 Å². The van der Waals surface area contributed by atoms with Crippen molar-refractivity contribution in [2.24, 2.45) is 0 Å². The minimum Gasteiger partial charge on any atom is -0.0874 e. The largest absolute Gasteiger partial charge is 0.180 e. The fraction of sp³-hybridized carbons (Fsp3) is 0.500. The molecule has 0 aliphatic rings. The Balaban J connectivity index is 0. The SMILES string of the molecule is CCCCC.ClC(Cl)Cl.c1ccccc1. The molecule has 3 heteroatoms. The van der Waals surface area contributed by atoms with Crippen LogP contribution in [0.5, 0.6) is 0 Å². The highest BCUT2D eigenvalue weighted by Crippen LogP contribution is 2.03. The van der Waals surface area contributed by atoms with E-state index >= 15 is 0 Å². The molecule has 1 aromatic rings. The van der Waals surface area contributed by atoms with Gasteiger partial charge in [-0.25, -0.2) is 0 Å². The van der Waals surface area contributed by atoms with E-state index in [1.165, 1.54) is 19.3 Å². The summed E-state index contributed by atoms with van der Waals surface area (Å²) in [4.78, 5) is 0. The van der Waals surface area contributed by atoms with Crippen molar-refractivity contribution in [3.8, 4) is 0 Å². The third-order valence-corrected chi connectivity index (χ3v) is 1.37. The van der Waals surface area contributed by atoms with Crippen LogP contribution in [0.15, 0.2) is 36.4 Å². The van der Waals surface area contributed by atoms with Crippen LogP contribution in [0.3, 0.4) is 0 Å². The molecule has 0 spiro atoms. The Hall–Kier alpha value is 0.0900. The quantitative estimate of drug-likeness (QED) is 0.589. The number of halogens is 3. The van der Waals surface area contributed by atoms with Gasteiger partial charge < -0.3 is 0 Å². The van der Waals surface area contributed by atoms with Crippen LogP contribution < -0.4 is 0 Å². The average molecular weight is 270 g/mol. The molecule has 88 valence electrons. The van der Waals surface area contributed by atoms with E-state index in [1.54, 1.807) is 0 Å². The Kier molecular flexibility index (Phi) is 19.3. The van der Waals surface area contributed by atoms with Crippen LogP contribution in [-0.4, -0.2) is 4.30 Å². The standard InChI is InChI=1S/C6H6.C5H12.CHCl3/c1-2-4-6-5-3-1;1-3-5-4-2;2-1(3)4/h1-6H;3-5H2,1-2H3;1H. The molecule has 0 aromatic heterocycles. The summed E-state index contributed by atoms with van der Waals surface area (Å²) in [5, 5.41) is 0. The second-order valence-corrected chi connectivity index (χ2v) is 4.74. The van der Waals surface area contributed by atoms with Crippen LogP contribution in [0.1, 0.15) is 33.1 Å². The van der Waals surface area contributed by atoms with Crippen molar-refractivity contribution in [2.45, 2.75) is 37.4 Å². The molecule has 1 rings (SSSR count). The summed E-state index contributed by atoms with van der Waals surface area (Å²) in [5.41, 5.74) is 0. The van der Waals surface area contributed by atoms with Crippen molar-refractivity contribution < 1.29 is 0 Å². The minimum atomic E-state index is -0.750. The zero-order chi connectivity index (χ0) is 11.9. The maximum Gasteiger partial charge on any atom is 0.180 e. The summed E-state index contributed by atoms with van der Waals surface area (Å²) in [6.45, 7) is 4.42. The van der Waals surface area contributed by atoms with Gasteiger partial charge in [0.1, 0.15) is 0 Å². The zero-order valence-electron chi connectivity index (χ0n) is 9.30. The summed E-state index contributed by atoms with van der Waals surface area (Å²) in [6, 6.07) is 12.0. The first-order valence-corrected chi connectivity index (χ1v) is 6.38. The maximum atomic E-state index is 4.81. The Morgan fingerprint density at radius 2 is 0.933 bits per heavy atom. The molecular formula is C12H19Cl3. The van der Waals surface area contributed by atoms with Gasteiger partial charge in [-0.05, 0) is 0 Å². The predicted molar refractivity (Wildman–Crippen MR) is 73.0 cm³/mol. The number of hydrogen-bond donors (Lipinski definition) is 0. The summed E-state index contributed by atoms with van der Waals surface area (Å²) < 4.78 is -0.750. The predicted octanol–water partition coefficient (Wildman–Crippen LogP) is 5.87. The van der Waals surface area contributed by atoms with Crippen LogP contribution >= 0.6 is 34.8 Å². The fourth-order valence-electron chi connectivity index (χ4n) is 0.738. The van der Waals surface area contributed by atoms with Crippen molar-refractivity contribution in [1.82, 2.24) is 0 Å². The van der Waals surface area contributed by atoms with Crippen molar-refractivity contribution in [3.63, 3.8) is 0 Å². The molecule has 0 nitrogen and oxygen atoms in total. The van der Waals surface area contributed by atoms with Crippen LogP contribution in [0.2, 0.25) is 0 Å². The molecular weight excluding hydrogens is 250 g/mol. The van der Waals surface area contributed by atoms with Gasteiger partial charge in [0.25, 0.3) is 0 Å². The van der Waals surface area contributed by atoms with Gasteiger partial charge in [-0.1, -0.05) is 104 Å². The van der Waals surface area contributed by atoms with Gasteiger partial charge in [0.15, 0.2) is 4.30 Å². The Labute approximate surface area is 109 Å². The molecule has 0 atom stereocenters. The molecule has 0 heterocycles. The van der Waals surface area contributed by atoms with E-state index in [-0.39, 0.29) is 0 Å². The first-order valence-electron chi connectivity index (χ1n) is 5.07. The topological polar surface area (TPSA) is 0 Å². The van der Waals surface area contributed by atoms with Crippen molar-refractivity contribution in [1.29, 1.82) is 0 Å². The van der Waals surface area contributed by atoms with Crippen LogP contribution in [-0.2, 0) is 0 Å². The van der Waals surface area contributed by atoms with E-state index in [0.717, 1.165) is 0 Å². The van der Waals surface area contributed by atoms with Gasteiger partial charge in [-0.3, -0.25) is 0 Å². The fourth-order valence-corrected chi connectivity index (χ4v) is 0.738. The lowest BCUT2D eigenvalue weighted by atomic mass is 10.3. The van der Waals surface area contributed by atoms with Crippen molar-refractivity contribution >= 4 is 34.8 Å². The molecule has 0 fully saturated rings. The summed E-state index contributed by atoms with van der Waals surface area (Å²) in [7, 11) is 0. The molecule has 0 saturated carbocycles. The summed E-state index contributed by atoms with van der Waals surface area (Å²) in [6.07, 6.45) is 4.08. The lowest BCUT2D eigenvalue weighted by Gasteiger charge is -1.79. The van der Waals surface area contributed by atoms with E-state index in [2.05, 4.69) is 13.8 Å². The van der Waals surface area contributed by atoms with Gasteiger partial charge in [-0.2, -0.15) is 0 Å². The minimum absolute atomic E-state index is 0.750. The molecule has 15 heavy (non-hydrogen) atoms. The van der Waals surface area contributed by atoms with Gasteiger partial charge in [-0.15, -0.1) is 0 Å². The average Bonchev–Trinajstić information content (AvgIpc) is 2.22. The van der Waals surface area contributed by atoms with Gasteiger partial charge in [0, 0.05) is 0 Å².